The van der Waals surface area contributed by atoms with Crippen molar-refractivity contribution in [3.8, 4) is 10.7 Å². The summed E-state index contributed by atoms with van der Waals surface area (Å²) in [5.74, 6) is 0.878. The summed E-state index contributed by atoms with van der Waals surface area (Å²) in [4.78, 5) is 19.3. The van der Waals surface area contributed by atoms with Gasteiger partial charge < -0.3 is 9.47 Å². The zero-order valence-electron chi connectivity index (χ0n) is 15.4. The summed E-state index contributed by atoms with van der Waals surface area (Å²) in [6.07, 6.45) is -1.45. The van der Waals surface area contributed by atoms with E-state index < -0.39 is 22.8 Å². The zero-order valence-corrected chi connectivity index (χ0v) is 17.0. The number of halogens is 4. The van der Waals surface area contributed by atoms with E-state index in [1.165, 1.54) is 6.07 Å². The largest absolute Gasteiger partial charge is 0.434 e. The first-order chi connectivity index (χ1) is 14.4. The van der Waals surface area contributed by atoms with Gasteiger partial charge in [-0.05, 0) is 36.8 Å². The van der Waals surface area contributed by atoms with Crippen molar-refractivity contribution >= 4 is 28.8 Å². The van der Waals surface area contributed by atoms with E-state index in [0.29, 0.717) is 18.8 Å². The molecule has 156 valence electrons. The lowest BCUT2D eigenvalue weighted by Crippen LogP contribution is -2.52. The summed E-state index contributed by atoms with van der Waals surface area (Å²) in [7, 11) is 0. The van der Waals surface area contributed by atoms with E-state index in [-0.39, 0.29) is 17.6 Å². The van der Waals surface area contributed by atoms with Gasteiger partial charge in [-0.25, -0.2) is 0 Å². The van der Waals surface area contributed by atoms with E-state index in [4.69, 9.17) is 11.6 Å². The number of hydrogen-bond acceptors (Lipinski definition) is 5. The lowest BCUT2D eigenvalue weighted by molar-refractivity contribution is -0.141. The van der Waals surface area contributed by atoms with E-state index >= 15 is 0 Å². The van der Waals surface area contributed by atoms with Crippen LogP contribution in [0.4, 0.5) is 13.2 Å². The molecule has 2 bridgehead atoms. The van der Waals surface area contributed by atoms with Crippen molar-refractivity contribution in [1.82, 2.24) is 24.6 Å². The molecular formula is C19H15ClF3N5OS. The maximum atomic E-state index is 13.3. The molecule has 0 radical (unpaired) electrons. The monoisotopic (exact) mass is 453 g/mol. The van der Waals surface area contributed by atoms with Crippen molar-refractivity contribution in [2.75, 3.05) is 0 Å². The van der Waals surface area contributed by atoms with Crippen LogP contribution in [0.15, 0.2) is 29.8 Å². The van der Waals surface area contributed by atoms with Gasteiger partial charge in [-0.2, -0.15) is 13.2 Å². The van der Waals surface area contributed by atoms with Crippen LogP contribution >= 0.6 is 22.9 Å². The first-order valence-corrected chi connectivity index (χ1v) is 10.6. The molecule has 2 aliphatic rings. The zero-order chi connectivity index (χ0) is 21.0. The minimum absolute atomic E-state index is 0.169. The second-order valence-electron chi connectivity index (χ2n) is 7.30. The molecule has 5 heterocycles. The van der Waals surface area contributed by atoms with Crippen molar-refractivity contribution < 1.29 is 18.0 Å². The van der Waals surface area contributed by atoms with Crippen molar-refractivity contribution in [3.05, 3.63) is 51.9 Å². The summed E-state index contributed by atoms with van der Waals surface area (Å²) in [5.41, 5.74) is -1.44. The summed E-state index contributed by atoms with van der Waals surface area (Å²) in [6.45, 7) is 0.493. The van der Waals surface area contributed by atoms with Gasteiger partial charge in [-0.15, -0.1) is 21.5 Å². The highest BCUT2D eigenvalue weighted by atomic mass is 35.5. The smallest absolute Gasteiger partial charge is 0.324 e. The van der Waals surface area contributed by atoms with E-state index in [1.54, 1.807) is 16.2 Å². The van der Waals surface area contributed by atoms with Crippen LogP contribution in [0.3, 0.4) is 0 Å². The third-order valence-corrected chi connectivity index (χ3v) is 6.83. The lowest BCUT2D eigenvalue weighted by Gasteiger charge is -2.45. The number of amides is 1. The first kappa shape index (κ1) is 19.5. The number of pyridine rings is 1. The molecule has 1 unspecified atom stereocenters. The van der Waals surface area contributed by atoms with Crippen LogP contribution in [0.5, 0.6) is 0 Å². The van der Waals surface area contributed by atoms with Gasteiger partial charge in [0.15, 0.2) is 17.3 Å². The molecule has 0 spiro atoms. The van der Waals surface area contributed by atoms with Gasteiger partial charge in [0, 0.05) is 12.7 Å². The first-order valence-electron chi connectivity index (χ1n) is 9.37. The number of carbonyl (C=O) groups is 1. The average Bonchev–Trinajstić information content (AvgIpc) is 3.35. The molecule has 0 aromatic carbocycles. The second kappa shape index (κ2) is 7.05. The molecule has 0 N–H and O–H groups in total. The highest BCUT2D eigenvalue weighted by Gasteiger charge is 2.44. The van der Waals surface area contributed by atoms with Gasteiger partial charge in [0.1, 0.15) is 0 Å². The second-order valence-corrected chi connectivity index (χ2v) is 8.63. The molecule has 0 aliphatic carbocycles. The Morgan fingerprint density at radius 1 is 1.23 bits per heavy atom. The van der Waals surface area contributed by atoms with Crippen LogP contribution in [0.2, 0.25) is 5.02 Å². The molecule has 6 nitrogen and oxygen atoms in total. The number of piperidine rings is 1. The summed E-state index contributed by atoms with van der Waals surface area (Å²) in [5, 5.41) is 9.96. The third kappa shape index (κ3) is 3.01. The fourth-order valence-corrected chi connectivity index (χ4v) is 5.32. The Hall–Kier alpha value is -2.46. The van der Waals surface area contributed by atoms with Crippen LogP contribution < -0.4 is 0 Å². The van der Waals surface area contributed by atoms with Crippen molar-refractivity contribution in [2.24, 2.45) is 0 Å². The number of rotatable bonds is 2. The van der Waals surface area contributed by atoms with Gasteiger partial charge in [-0.1, -0.05) is 17.7 Å². The number of hydrogen-bond donors (Lipinski definition) is 0. The van der Waals surface area contributed by atoms with E-state index in [0.717, 1.165) is 29.7 Å². The quantitative estimate of drug-likeness (QED) is 0.558. The fraction of sp³-hybridized carbons (Fsp3) is 0.368. The molecular weight excluding hydrogens is 439 g/mol. The maximum absolute atomic E-state index is 13.3. The molecule has 1 amide bonds. The molecule has 3 aromatic rings. The average molecular weight is 454 g/mol. The van der Waals surface area contributed by atoms with E-state index in [2.05, 4.69) is 15.2 Å². The van der Waals surface area contributed by atoms with Gasteiger partial charge in [-0.3, -0.25) is 9.78 Å². The topological polar surface area (TPSA) is 63.9 Å². The molecule has 30 heavy (non-hydrogen) atoms. The Bertz CT molecular complexity index is 1110. The summed E-state index contributed by atoms with van der Waals surface area (Å²) >= 11 is 7.53. The molecule has 0 saturated carbocycles. The van der Waals surface area contributed by atoms with Gasteiger partial charge >= 0.3 is 6.18 Å². The fourth-order valence-electron chi connectivity index (χ4n) is 4.31. The predicted octanol–water partition coefficient (Wildman–Crippen LogP) is 4.82. The molecule has 1 saturated heterocycles. The van der Waals surface area contributed by atoms with Crippen LogP contribution in [0.25, 0.3) is 10.7 Å². The van der Waals surface area contributed by atoms with Crippen LogP contribution in [-0.4, -0.2) is 36.6 Å². The molecule has 1 fully saturated rings. The SMILES string of the molecule is O=C(c1ccnc(C(F)(F)F)c1Cl)N1C2CCC[C@H]1c1nnc(-c3cccs3)n1C2. The Balaban J connectivity index is 1.55. The maximum Gasteiger partial charge on any atom is 0.434 e. The molecule has 5 rings (SSSR count). The van der Waals surface area contributed by atoms with Crippen molar-refractivity contribution in [2.45, 2.75) is 44.1 Å². The lowest BCUT2D eigenvalue weighted by atomic mass is 9.91. The minimum atomic E-state index is -4.74. The number of fused-ring (bicyclic) bond motifs is 4. The standard InChI is InChI=1S/C19H15ClF3N5OS/c20-14-11(6-7-24-15(14)19(21,22)23)18(29)28-10-3-1-4-12(28)16-25-26-17(27(16)9-10)13-5-2-8-30-13/h2,5-8,10,12H,1,3-4,9H2/t10?,12-/m0/s1. The highest BCUT2D eigenvalue weighted by Crippen LogP contribution is 2.42. The normalized spacial score (nSPS) is 20.9. The number of alkyl halides is 3. The van der Waals surface area contributed by atoms with E-state index in [1.807, 2.05) is 22.1 Å². The van der Waals surface area contributed by atoms with Crippen LogP contribution in [-0.2, 0) is 12.7 Å². The Morgan fingerprint density at radius 2 is 2.07 bits per heavy atom. The van der Waals surface area contributed by atoms with E-state index in [9.17, 15) is 18.0 Å². The Labute approximate surface area is 178 Å². The molecule has 2 aliphatic heterocycles. The summed E-state index contributed by atoms with van der Waals surface area (Å²) < 4.78 is 41.6. The molecule has 3 aromatic heterocycles. The number of aromatic nitrogens is 4. The van der Waals surface area contributed by atoms with Gasteiger partial charge in [0.2, 0.25) is 0 Å². The molecule has 11 heteroatoms. The van der Waals surface area contributed by atoms with Gasteiger partial charge in [0.05, 0.1) is 27.5 Å². The molecule has 2 atom stereocenters. The van der Waals surface area contributed by atoms with Crippen molar-refractivity contribution in [3.63, 3.8) is 0 Å². The number of carbonyl (C=O) groups excluding carboxylic acids is 1. The number of nitrogens with zero attached hydrogens (tertiary/aromatic N) is 5. The van der Waals surface area contributed by atoms with Crippen molar-refractivity contribution in [1.29, 1.82) is 0 Å². The minimum Gasteiger partial charge on any atom is -0.324 e. The van der Waals surface area contributed by atoms with Crippen LogP contribution in [0.1, 0.15) is 47.2 Å². The highest BCUT2D eigenvalue weighted by molar-refractivity contribution is 7.13. The summed E-state index contributed by atoms with van der Waals surface area (Å²) in [6, 6.07) is 4.61. The number of thiophene rings is 1. The Morgan fingerprint density at radius 3 is 2.80 bits per heavy atom. The third-order valence-electron chi connectivity index (χ3n) is 5.58. The Kier molecular flexibility index (Phi) is 4.59. The van der Waals surface area contributed by atoms with Gasteiger partial charge in [0.25, 0.3) is 5.91 Å². The predicted molar refractivity (Wildman–Crippen MR) is 104 cm³/mol. The van der Waals surface area contributed by atoms with Crippen LogP contribution in [0, 0.1) is 0 Å².